The summed E-state index contributed by atoms with van der Waals surface area (Å²) in [6, 6.07) is 2.01. The average molecular weight is 344 g/mol. The molecule has 2 rings (SSSR count). The normalized spacial score (nSPS) is 18.9. The molecule has 0 heterocycles. The minimum absolute atomic E-state index is 0.280. The molecule has 0 spiro atoms. The van der Waals surface area contributed by atoms with Gasteiger partial charge in [0.2, 0.25) is 0 Å². The first kappa shape index (κ1) is 12.0. The van der Waals surface area contributed by atoms with Crippen molar-refractivity contribution in [3.8, 4) is 18.1 Å². The summed E-state index contributed by atoms with van der Waals surface area (Å²) in [5.41, 5.74) is 2.49. The fourth-order valence-electron chi connectivity index (χ4n) is 2.35. The lowest BCUT2D eigenvalue weighted by Gasteiger charge is -2.26. The van der Waals surface area contributed by atoms with Crippen LogP contribution in [-0.2, 0) is 6.42 Å². The van der Waals surface area contributed by atoms with Gasteiger partial charge in [0.15, 0.2) is 0 Å². The molecule has 1 N–H and O–H groups in total. The van der Waals surface area contributed by atoms with Crippen LogP contribution < -0.4 is 0 Å². The molecule has 0 aromatic heterocycles. The van der Waals surface area contributed by atoms with Gasteiger partial charge in [0.1, 0.15) is 5.75 Å². The molecular weight excluding hydrogens is 332 g/mol. The molecule has 0 saturated heterocycles. The van der Waals surface area contributed by atoms with Gasteiger partial charge in [0.25, 0.3) is 0 Å². The van der Waals surface area contributed by atoms with E-state index in [-0.39, 0.29) is 5.75 Å². The summed E-state index contributed by atoms with van der Waals surface area (Å²) in [6.45, 7) is 0. The van der Waals surface area contributed by atoms with E-state index in [1.807, 2.05) is 6.07 Å². The number of terminal acetylenes is 1. The minimum Gasteiger partial charge on any atom is -0.506 e. The fourth-order valence-corrected chi connectivity index (χ4v) is 3.88. The molecule has 84 valence electrons. The Bertz CT molecular complexity index is 460. The number of hydrogen-bond acceptors (Lipinski definition) is 1. The molecule has 0 fully saturated rings. The molecule has 16 heavy (non-hydrogen) atoms. The number of rotatable bonds is 1. The van der Waals surface area contributed by atoms with Gasteiger partial charge in [-0.3, -0.25) is 0 Å². The Morgan fingerprint density at radius 3 is 2.94 bits per heavy atom. The number of phenolic OH excluding ortho intramolecular Hbond substituents is 1. The Balaban J connectivity index is 2.55. The quantitative estimate of drug-likeness (QED) is 0.751. The zero-order valence-corrected chi connectivity index (χ0v) is 11.9. The Labute approximate surface area is 113 Å². The van der Waals surface area contributed by atoms with Crippen LogP contribution in [0.1, 0.15) is 36.3 Å². The third kappa shape index (κ3) is 2.01. The van der Waals surface area contributed by atoms with Crippen LogP contribution in [-0.4, -0.2) is 5.11 Å². The van der Waals surface area contributed by atoms with Gasteiger partial charge in [0.05, 0.1) is 8.95 Å². The zero-order chi connectivity index (χ0) is 11.7. The third-order valence-electron chi connectivity index (χ3n) is 3.09. The number of aromatic hydroxyl groups is 1. The summed E-state index contributed by atoms with van der Waals surface area (Å²) in [7, 11) is 0. The summed E-state index contributed by atoms with van der Waals surface area (Å²) in [4.78, 5) is 0. The molecule has 3 heteroatoms. The molecule has 1 unspecified atom stereocenters. The molecule has 0 bridgehead atoms. The first-order valence-electron chi connectivity index (χ1n) is 5.28. The van der Waals surface area contributed by atoms with E-state index >= 15 is 0 Å². The average Bonchev–Trinajstić information content (AvgIpc) is 2.26. The summed E-state index contributed by atoms with van der Waals surface area (Å²) in [5.74, 6) is 3.38. The van der Waals surface area contributed by atoms with Gasteiger partial charge in [-0.1, -0.05) is 0 Å². The molecule has 0 aliphatic heterocycles. The number of hydrogen-bond donors (Lipinski definition) is 1. The van der Waals surface area contributed by atoms with Gasteiger partial charge in [-0.15, -0.1) is 12.3 Å². The highest BCUT2D eigenvalue weighted by molar-refractivity contribution is 9.11. The second-order valence-electron chi connectivity index (χ2n) is 4.09. The van der Waals surface area contributed by atoms with E-state index in [4.69, 9.17) is 6.42 Å². The number of halogens is 2. The van der Waals surface area contributed by atoms with Crippen molar-refractivity contribution in [1.29, 1.82) is 0 Å². The van der Waals surface area contributed by atoms with Crippen molar-refractivity contribution in [1.82, 2.24) is 0 Å². The van der Waals surface area contributed by atoms with E-state index < -0.39 is 0 Å². The standard InChI is InChI=1S/C13H12Br2O/c1-2-4-8-5-3-6-9-7-10(14)13(16)12(15)11(8)9/h1,7-8,16H,3-6H2. The van der Waals surface area contributed by atoms with Crippen LogP contribution in [0.2, 0.25) is 0 Å². The summed E-state index contributed by atoms with van der Waals surface area (Å²) >= 11 is 6.84. The largest absolute Gasteiger partial charge is 0.506 e. The summed E-state index contributed by atoms with van der Waals surface area (Å²) in [6.07, 6.45) is 9.48. The zero-order valence-electron chi connectivity index (χ0n) is 8.76. The lowest BCUT2D eigenvalue weighted by Crippen LogP contribution is -2.10. The van der Waals surface area contributed by atoms with E-state index in [2.05, 4.69) is 37.8 Å². The van der Waals surface area contributed by atoms with E-state index in [9.17, 15) is 5.11 Å². The van der Waals surface area contributed by atoms with Crippen LogP contribution in [0.3, 0.4) is 0 Å². The Hall–Kier alpha value is -0.460. The second kappa shape index (κ2) is 4.81. The van der Waals surface area contributed by atoms with Crippen LogP contribution in [0.15, 0.2) is 15.0 Å². The lowest BCUT2D eigenvalue weighted by molar-refractivity contribution is 0.462. The maximum atomic E-state index is 9.90. The molecule has 1 atom stereocenters. The van der Waals surface area contributed by atoms with Crippen LogP contribution in [0.5, 0.6) is 5.75 Å². The third-order valence-corrected chi connectivity index (χ3v) is 4.50. The van der Waals surface area contributed by atoms with Crippen LogP contribution in [0.25, 0.3) is 0 Å². The van der Waals surface area contributed by atoms with Gasteiger partial charge in [-0.25, -0.2) is 0 Å². The van der Waals surface area contributed by atoms with Crippen molar-refractivity contribution in [2.24, 2.45) is 0 Å². The highest BCUT2D eigenvalue weighted by Gasteiger charge is 2.25. The second-order valence-corrected chi connectivity index (χ2v) is 5.74. The molecule has 1 nitrogen and oxygen atoms in total. The summed E-state index contributed by atoms with van der Waals surface area (Å²) in [5, 5.41) is 9.90. The van der Waals surface area contributed by atoms with Crippen molar-refractivity contribution in [2.75, 3.05) is 0 Å². The molecule has 1 aromatic rings. The highest BCUT2D eigenvalue weighted by atomic mass is 79.9. The SMILES string of the molecule is C#CCC1CCCc2cc(Br)c(O)c(Br)c21. The molecule has 1 aliphatic rings. The molecule has 1 aromatic carbocycles. The van der Waals surface area contributed by atoms with Gasteiger partial charge in [0, 0.05) is 6.42 Å². The number of benzene rings is 1. The van der Waals surface area contributed by atoms with Crippen molar-refractivity contribution in [2.45, 2.75) is 31.6 Å². The number of aryl methyl sites for hydroxylation is 1. The minimum atomic E-state index is 0.280. The predicted molar refractivity (Wildman–Crippen MR) is 72.6 cm³/mol. The first-order valence-corrected chi connectivity index (χ1v) is 6.87. The summed E-state index contributed by atoms with van der Waals surface area (Å²) < 4.78 is 1.55. The highest BCUT2D eigenvalue weighted by Crippen LogP contribution is 2.45. The van der Waals surface area contributed by atoms with Gasteiger partial charge < -0.3 is 5.11 Å². The van der Waals surface area contributed by atoms with Crippen molar-refractivity contribution < 1.29 is 5.11 Å². The predicted octanol–water partition coefficient (Wildman–Crippen LogP) is 4.36. The van der Waals surface area contributed by atoms with E-state index in [0.29, 0.717) is 5.92 Å². The molecular formula is C13H12Br2O. The molecule has 0 radical (unpaired) electrons. The van der Waals surface area contributed by atoms with Crippen LogP contribution in [0, 0.1) is 12.3 Å². The van der Waals surface area contributed by atoms with Gasteiger partial charge in [-0.05, 0) is 74.2 Å². The first-order chi connectivity index (χ1) is 7.65. The van der Waals surface area contributed by atoms with Crippen LogP contribution >= 0.6 is 31.9 Å². The molecule has 1 aliphatic carbocycles. The fraction of sp³-hybridized carbons (Fsp3) is 0.385. The topological polar surface area (TPSA) is 20.2 Å². The van der Waals surface area contributed by atoms with Crippen LogP contribution in [0.4, 0.5) is 0 Å². The van der Waals surface area contributed by atoms with Crippen molar-refractivity contribution >= 4 is 31.9 Å². The molecule has 0 amide bonds. The molecule has 0 saturated carbocycles. The maximum absolute atomic E-state index is 9.90. The maximum Gasteiger partial charge on any atom is 0.144 e. The lowest BCUT2D eigenvalue weighted by atomic mass is 9.81. The van der Waals surface area contributed by atoms with Gasteiger partial charge in [-0.2, -0.15) is 0 Å². The Morgan fingerprint density at radius 1 is 1.50 bits per heavy atom. The monoisotopic (exact) mass is 342 g/mol. The van der Waals surface area contributed by atoms with Crippen molar-refractivity contribution in [3.05, 3.63) is 26.1 Å². The number of phenols is 1. The van der Waals surface area contributed by atoms with E-state index in [0.717, 1.165) is 28.2 Å². The Morgan fingerprint density at radius 2 is 2.25 bits per heavy atom. The van der Waals surface area contributed by atoms with E-state index in [1.54, 1.807) is 0 Å². The van der Waals surface area contributed by atoms with Gasteiger partial charge >= 0.3 is 0 Å². The van der Waals surface area contributed by atoms with E-state index in [1.165, 1.54) is 17.5 Å². The van der Waals surface area contributed by atoms with Crippen molar-refractivity contribution in [3.63, 3.8) is 0 Å². The number of fused-ring (bicyclic) bond motifs is 1. The smallest absolute Gasteiger partial charge is 0.144 e. The Kier molecular flexibility index (Phi) is 3.61.